The molecule has 7 nitrogen and oxygen atoms in total. The molecule has 1 aliphatic carbocycles. The third-order valence-electron chi connectivity index (χ3n) is 5.25. The van der Waals surface area contributed by atoms with Crippen LogP contribution < -0.4 is 10.9 Å². The van der Waals surface area contributed by atoms with Gasteiger partial charge in [0.15, 0.2) is 0 Å². The number of rotatable bonds is 6. The van der Waals surface area contributed by atoms with Crippen LogP contribution in [0.2, 0.25) is 0 Å². The van der Waals surface area contributed by atoms with Crippen molar-refractivity contribution in [3.63, 3.8) is 0 Å². The summed E-state index contributed by atoms with van der Waals surface area (Å²) in [5.74, 6) is -1.34. The van der Waals surface area contributed by atoms with E-state index in [1.54, 1.807) is 0 Å². The number of nitrogens with one attached hydrogen (secondary N) is 1. The molecule has 0 aliphatic heterocycles. The van der Waals surface area contributed by atoms with Crippen LogP contribution in [0.15, 0.2) is 70.1 Å². The molecule has 1 aromatic heterocycles. The second-order valence-corrected chi connectivity index (χ2v) is 8.04. The zero-order valence-electron chi connectivity index (χ0n) is 16.4. The number of carboxylic acid groups (broad SMARTS) is 1. The number of ether oxygens (including phenoxy) is 1. The topological polar surface area (TPSA) is 97.6 Å². The van der Waals surface area contributed by atoms with Crippen LogP contribution in [-0.2, 0) is 11.3 Å². The first-order valence-corrected chi connectivity index (χ1v) is 10.5. The van der Waals surface area contributed by atoms with Gasteiger partial charge in [0.05, 0.1) is 0 Å². The molecule has 1 amide bonds. The van der Waals surface area contributed by atoms with E-state index in [0.717, 1.165) is 22.3 Å². The van der Waals surface area contributed by atoms with Crippen LogP contribution in [0.4, 0.5) is 4.79 Å². The molecule has 0 spiro atoms. The van der Waals surface area contributed by atoms with Crippen LogP contribution >= 0.6 is 15.9 Å². The van der Waals surface area contributed by atoms with Crippen molar-refractivity contribution in [2.45, 2.75) is 12.5 Å². The van der Waals surface area contributed by atoms with Gasteiger partial charge in [-0.2, -0.15) is 0 Å². The highest BCUT2D eigenvalue weighted by Crippen LogP contribution is 2.44. The Bertz CT molecular complexity index is 1180. The maximum atomic E-state index is 12.2. The van der Waals surface area contributed by atoms with Crippen LogP contribution in [0, 0.1) is 0 Å². The van der Waals surface area contributed by atoms with E-state index in [4.69, 9.17) is 9.84 Å². The first-order valence-electron chi connectivity index (χ1n) is 9.68. The summed E-state index contributed by atoms with van der Waals surface area (Å²) >= 11 is 3.19. The van der Waals surface area contributed by atoms with Crippen molar-refractivity contribution in [2.75, 3.05) is 13.2 Å². The summed E-state index contributed by atoms with van der Waals surface area (Å²) in [5.41, 5.74) is 3.57. The second kappa shape index (κ2) is 8.77. The first-order chi connectivity index (χ1) is 15.0. The van der Waals surface area contributed by atoms with E-state index in [1.165, 1.54) is 16.8 Å². The lowest BCUT2D eigenvalue weighted by Gasteiger charge is -2.15. The Balaban J connectivity index is 1.37. The minimum atomic E-state index is -1.30. The van der Waals surface area contributed by atoms with E-state index in [2.05, 4.69) is 33.4 Å². The van der Waals surface area contributed by atoms with Gasteiger partial charge in [-0.1, -0.05) is 48.5 Å². The zero-order valence-corrected chi connectivity index (χ0v) is 18.0. The van der Waals surface area contributed by atoms with Gasteiger partial charge in [-0.05, 0) is 44.3 Å². The largest absolute Gasteiger partial charge is 0.477 e. The summed E-state index contributed by atoms with van der Waals surface area (Å²) in [4.78, 5) is 35.6. The third-order valence-corrected chi connectivity index (χ3v) is 5.68. The van der Waals surface area contributed by atoms with Gasteiger partial charge >= 0.3 is 12.1 Å². The lowest BCUT2D eigenvalue weighted by Crippen LogP contribution is -2.33. The van der Waals surface area contributed by atoms with Crippen molar-refractivity contribution in [1.82, 2.24) is 9.88 Å². The lowest BCUT2D eigenvalue weighted by atomic mass is 9.98. The summed E-state index contributed by atoms with van der Waals surface area (Å²) in [6.45, 7) is 0.425. The van der Waals surface area contributed by atoms with Gasteiger partial charge in [-0.3, -0.25) is 4.79 Å². The van der Waals surface area contributed by atoms with Gasteiger partial charge in [0.2, 0.25) is 0 Å². The quantitative estimate of drug-likeness (QED) is 0.555. The lowest BCUT2D eigenvalue weighted by molar-refractivity contribution is 0.0694. The monoisotopic (exact) mass is 482 g/mol. The number of aromatic carboxylic acids is 1. The van der Waals surface area contributed by atoms with Crippen molar-refractivity contribution in [1.29, 1.82) is 0 Å². The Hall–Kier alpha value is -3.39. The second-order valence-electron chi connectivity index (χ2n) is 7.13. The molecule has 2 N–H and O–H groups in total. The number of nitrogens with zero attached hydrogens (tertiary/aromatic N) is 1. The van der Waals surface area contributed by atoms with Gasteiger partial charge in [0.25, 0.3) is 5.56 Å². The van der Waals surface area contributed by atoms with Gasteiger partial charge in [-0.15, -0.1) is 0 Å². The number of benzene rings is 2. The van der Waals surface area contributed by atoms with Crippen LogP contribution in [0.5, 0.6) is 0 Å². The normalized spacial score (nSPS) is 12.2. The standard InChI is InChI=1S/C23H19BrN2O5/c24-14-11-19(22(28)29)21(27)26(12-14)10-9-25-23(30)31-13-20-17-7-3-1-5-15(17)16-6-2-4-8-18(16)20/h1-8,11-12,20H,9-10,13H2,(H,25,30)(H,28,29). The molecular weight excluding hydrogens is 464 g/mol. The summed E-state index contributed by atoms with van der Waals surface area (Å²) in [5, 5.41) is 11.7. The molecule has 0 fully saturated rings. The minimum absolute atomic E-state index is 0.0380. The van der Waals surface area contributed by atoms with Crippen LogP contribution in [-0.4, -0.2) is 34.9 Å². The fraction of sp³-hybridized carbons (Fsp3) is 0.174. The highest BCUT2D eigenvalue weighted by molar-refractivity contribution is 9.10. The fourth-order valence-corrected chi connectivity index (χ4v) is 4.32. The molecule has 31 heavy (non-hydrogen) atoms. The van der Waals surface area contributed by atoms with E-state index in [0.29, 0.717) is 4.47 Å². The van der Waals surface area contributed by atoms with Gasteiger partial charge < -0.3 is 19.7 Å². The van der Waals surface area contributed by atoms with Crippen LogP contribution in [0.25, 0.3) is 11.1 Å². The Morgan fingerprint density at radius 1 is 1.06 bits per heavy atom. The zero-order chi connectivity index (χ0) is 22.0. The Labute approximate surface area is 186 Å². The number of hydrogen-bond acceptors (Lipinski definition) is 4. The van der Waals surface area contributed by atoms with Crippen molar-refractivity contribution >= 4 is 28.0 Å². The number of amides is 1. The number of fused-ring (bicyclic) bond motifs is 3. The highest BCUT2D eigenvalue weighted by atomic mass is 79.9. The van der Waals surface area contributed by atoms with E-state index >= 15 is 0 Å². The molecule has 0 bridgehead atoms. The molecule has 0 saturated heterocycles. The SMILES string of the molecule is O=C(NCCn1cc(Br)cc(C(=O)O)c1=O)OCC1c2ccccc2-c2ccccc21. The molecule has 0 atom stereocenters. The molecule has 8 heteroatoms. The molecule has 158 valence electrons. The number of carbonyl (C=O) groups is 2. The Kier molecular flexibility index (Phi) is 5.90. The molecule has 0 radical (unpaired) electrons. The summed E-state index contributed by atoms with van der Waals surface area (Å²) in [6, 6.07) is 17.4. The maximum absolute atomic E-state index is 12.2. The van der Waals surface area contributed by atoms with Gasteiger partial charge in [0.1, 0.15) is 12.2 Å². The van der Waals surface area contributed by atoms with E-state index in [9.17, 15) is 14.4 Å². The summed E-state index contributed by atoms with van der Waals surface area (Å²) < 4.78 is 7.15. The number of aromatic nitrogens is 1. The van der Waals surface area contributed by atoms with Crippen molar-refractivity contribution in [3.8, 4) is 11.1 Å². The van der Waals surface area contributed by atoms with Crippen LogP contribution in [0.1, 0.15) is 27.4 Å². The van der Waals surface area contributed by atoms with E-state index in [1.807, 2.05) is 36.4 Å². The molecule has 3 aromatic rings. The number of alkyl carbamates (subject to hydrolysis) is 1. The molecule has 1 aliphatic rings. The molecule has 4 rings (SSSR count). The van der Waals surface area contributed by atoms with Crippen molar-refractivity contribution in [3.05, 3.63) is 92.3 Å². The molecule has 0 unspecified atom stereocenters. The average molecular weight is 483 g/mol. The number of hydrogen-bond donors (Lipinski definition) is 2. The summed E-state index contributed by atoms with van der Waals surface area (Å²) in [7, 11) is 0. The molecule has 2 aromatic carbocycles. The predicted octanol–water partition coefficient (Wildman–Crippen LogP) is 3.85. The molecule has 0 saturated carbocycles. The fourth-order valence-electron chi connectivity index (χ4n) is 3.85. The Morgan fingerprint density at radius 2 is 1.68 bits per heavy atom. The number of pyridine rings is 1. The van der Waals surface area contributed by atoms with E-state index in [-0.39, 0.29) is 31.2 Å². The predicted molar refractivity (Wildman–Crippen MR) is 118 cm³/mol. The first kappa shape index (κ1) is 20.9. The highest BCUT2D eigenvalue weighted by Gasteiger charge is 2.28. The van der Waals surface area contributed by atoms with E-state index < -0.39 is 17.6 Å². The maximum Gasteiger partial charge on any atom is 0.407 e. The number of halogens is 1. The molecular formula is C23H19BrN2O5. The van der Waals surface area contributed by atoms with Gasteiger partial charge in [-0.25, -0.2) is 9.59 Å². The van der Waals surface area contributed by atoms with Gasteiger partial charge in [0, 0.05) is 29.7 Å². The smallest absolute Gasteiger partial charge is 0.407 e. The summed E-state index contributed by atoms with van der Waals surface area (Å²) in [6.07, 6.45) is 0.886. The molecule has 1 heterocycles. The average Bonchev–Trinajstić information content (AvgIpc) is 3.08. The number of carbonyl (C=O) groups excluding carboxylic acids is 1. The van der Waals surface area contributed by atoms with Crippen LogP contribution in [0.3, 0.4) is 0 Å². The van der Waals surface area contributed by atoms with Crippen molar-refractivity contribution < 1.29 is 19.4 Å². The number of carboxylic acids is 1. The minimum Gasteiger partial charge on any atom is -0.477 e. The Morgan fingerprint density at radius 3 is 2.29 bits per heavy atom. The van der Waals surface area contributed by atoms with Crippen molar-refractivity contribution in [2.24, 2.45) is 0 Å². The third kappa shape index (κ3) is 4.25.